The second-order valence-electron chi connectivity index (χ2n) is 7.15. The Balaban J connectivity index is 1.42. The molecule has 128 valence electrons. The molecule has 1 aliphatic heterocycles. The van der Waals surface area contributed by atoms with Crippen LogP contribution in [-0.4, -0.2) is 36.5 Å². The van der Waals surface area contributed by atoms with Crippen LogP contribution in [0.3, 0.4) is 0 Å². The van der Waals surface area contributed by atoms with E-state index in [1.54, 1.807) is 0 Å². The Hall–Kier alpha value is -1.84. The van der Waals surface area contributed by atoms with Gasteiger partial charge < -0.3 is 10.6 Å². The second-order valence-corrected chi connectivity index (χ2v) is 7.15. The Kier molecular flexibility index (Phi) is 5.89. The fourth-order valence-electron chi connectivity index (χ4n) is 3.68. The minimum atomic E-state index is 0.816. The van der Waals surface area contributed by atoms with Crippen LogP contribution in [0.25, 0.3) is 0 Å². The van der Waals surface area contributed by atoms with Gasteiger partial charge in [0.1, 0.15) is 0 Å². The van der Waals surface area contributed by atoms with Gasteiger partial charge in [0.2, 0.25) is 0 Å². The van der Waals surface area contributed by atoms with Crippen LogP contribution in [0.4, 0.5) is 5.69 Å². The monoisotopic (exact) mass is 323 g/mol. The molecule has 1 fully saturated rings. The van der Waals surface area contributed by atoms with Gasteiger partial charge in [0, 0.05) is 25.3 Å². The molecule has 0 spiro atoms. The topological polar surface area (TPSA) is 32.5 Å². The summed E-state index contributed by atoms with van der Waals surface area (Å²) in [5.74, 6) is 0.816. The van der Waals surface area contributed by atoms with Crippen LogP contribution >= 0.6 is 0 Å². The molecule has 1 saturated heterocycles. The summed E-state index contributed by atoms with van der Waals surface area (Å²) in [6, 6.07) is 19.0. The first kappa shape index (κ1) is 17.0. The number of anilines is 1. The van der Waals surface area contributed by atoms with Crippen molar-refractivity contribution in [3.05, 3.63) is 65.7 Å². The van der Waals surface area contributed by atoms with Crippen LogP contribution < -0.4 is 5.73 Å². The third kappa shape index (κ3) is 5.08. The van der Waals surface area contributed by atoms with Crippen molar-refractivity contribution in [2.45, 2.75) is 25.9 Å². The van der Waals surface area contributed by atoms with Gasteiger partial charge in [0.05, 0.1) is 0 Å². The standard InChI is InChI=1S/C21H29N3/c1-23(15-18-6-3-2-4-7-18)16-19-10-12-24(13-11-19)17-20-8-5-9-21(22)14-20/h2-9,14,19H,10-13,15-17,22H2,1H3. The zero-order valence-electron chi connectivity index (χ0n) is 14.7. The summed E-state index contributed by atoms with van der Waals surface area (Å²) >= 11 is 0. The summed E-state index contributed by atoms with van der Waals surface area (Å²) in [5.41, 5.74) is 9.48. The smallest absolute Gasteiger partial charge is 0.0317 e. The van der Waals surface area contributed by atoms with Gasteiger partial charge in [-0.2, -0.15) is 0 Å². The summed E-state index contributed by atoms with van der Waals surface area (Å²) in [6.07, 6.45) is 2.59. The number of hydrogen-bond acceptors (Lipinski definition) is 3. The maximum absolute atomic E-state index is 5.88. The van der Waals surface area contributed by atoms with Crippen molar-refractivity contribution in [3.63, 3.8) is 0 Å². The normalized spacial score (nSPS) is 16.6. The Morgan fingerprint density at radius 2 is 1.71 bits per heavy atom. The zero-order chi connectivity index (χ0) is 16.8. The molecular formula is C21H29N3. The molecular weight excluding hydrogens is 294 g/mol. The molecule has 0 unspecified atom stereocenters. The molecule has 0 radical (unpaired) electrons. The molecule has 2 aromatic rings. The first-order valence-corrected chi connectivity index (χ1v) is 8.98. The minimum absolute atomic E-state index is 0.816. The van der Waals surface area contributed by atoms with E-state index in [2.05, 4.69) is 65.4 Å². The minimum Gasteiger partial charge on any atom is -0.399 e. The molecule has 0 amide bonds. The maximum Gasteiger partial charge on any atom is 0.0317 e. The van der Waals surface area contributed by atoms with E-state index in [-0.39, 0.29) is 0 Å². The zero-order valence-corrected chi connectivity index (χ0v) is 14.7. The van der Waals surface area contributed by atoms with E-state index in [9.17, 15) is 0 Å². The van der Waals surface area contributed by atoms with E-state index in [1.807, 2.05) is 6.07 Å². The Labute approximate surface area is 146 Å². The lowest BCUT2D eigenvalue weighted by molar-refractivity contribution is 0.147. The number of nitrogens with two attached hydrogens (primary N) is 1. The van der Waals surface area contributed by atoms with Gasteiger partial charge in [-0.15, -0.1) is 0 Å². The van der Waals surface area contributed by atoms with Crippen molar-refractivity contribution in [1.29, 1.82) is 0 Å². The Morgan fingerprint density at radius 3 is 2.42 bits per heavy atom. The first-order valence-electron chi connectivity index (χ1n) is 8.98. The fraction of sp³-hybridized carbons (Fsp3) is 0.429. The molecule has 0 saturated carbocycles. The van der Waals surface area contributed by atoms with Gasteiger partial charge in [-0.05, 0) is 62.2 Å². The molecule has 1 heterocycles. The summed E-state index contributed by atoms with van der Waals surface area (Å²) in [5, 5.41) is 0. The SMILES string of the molecule is CN(Cc1ccccc1)CC1CCN(Cc2cccc(N)c2)CC1. The fourth-order valence-corrected chi connectivity index (χ4v) is 3.68. The highest BCUT2D eigenvalue weighted by atomic mass is 15.1. The lowest BCUT2D eigenvalue weighted by Crippen LogP contribution is -2.37. The van der Waals surface area contributed by atoms with Gasteiger partial charge >= 0.3 is 0 Å². The third-order valence-electron chi connectivity index (χ3n) is 4.93. The van der Waals surface area contributed by atoms with Crippen LogP contribution in [0.5, 0.6) is 0 Å². The summed E-state index contributed by atoms with van der Waals surface area (Å²) in [6.45, 7) is 5.65. The average molecular weight is 323 g/mol. The van der Waals surface area contributed by atoms with Crippen LogP contribution in [0, 0.1) is 5.92 Å². The molecule has 2 N–H and O–H groups in total. The first-order chi connectivity index (χ1) is 11.7. The van der Waals surface area contributed by atoms with Crippen molar-refractivity contribution >= 4 is 5.69 Å². The molecule has 3 nitrogen and oxygen atoms in total. The molecule has 0 atom stereocenters. The highest BCUT2D eigenvalue weighted by Crippen LogP contribution is 2.21. The summed E-state index contributed by atoms with van der Waals surface area (Å²) in [4.78, 5) is 5.02. The van der Waals surface area contributed by atoms with E-state index in [0.29, 0.717) is 0 Å². The van der Waals surface area contributed by atoms with E-state index < -0.39 is 0 Å². The van der Waals surface area contributed by atoms with Crippen LogP contribution in [0.15, 0.2) is 54.6 Å². The van der Waals surface area contributed by atoms with Crippen LogP contribution in [0.2, 0.25) is 0 Å². The molecule has 3 rings (SSSR count). The number of likely N-dealkylation sites (tertiary alicyclic amines) is 1. The molecule has 2 aromatic carbocycles. The predicted octanol–water partition coefficient (Wildman–Crippen LogP) is 3.61. The Morgan fingerprint density at radius 1 is 1.00 bits per heavy atom. The highest BCUT2D eigenvalue weighted by Gasteiger charge is 2.20. The van der Waals surface area contributed by atoms with E-state index in [1.165, 1.54) is 43.6 Å². The lowest BCUT2D eigenvalue weighted by Gasteiger charge is -2.34. The Bertz CT molecular complexity index is 618. The van der Waals surface area contributed by atoms with E-state index in [4.69, 9.17) is 5.73 Å². The molecule has 3 heteroatoms. The lowest BCUT2D eigenvalue weighted by atomic mass is 9.95. The number of hydrogen-bond donors (Lipinski definition) is 1. The van der Waals surface area contributed by atoms with Gasteiger partial charge in [-0.3, -0.25) is 4.90 Å². The molecule has 0 aromatic heterocycles. The molecule has 24 heavy (non-hydrogen) atoms. The van der Waals surface area contributed by atoms with Crippen LogP contribution in [-0.2, 0) is 13.1 Å². The van der Waals surface area contributed by atoms with E-state index >= 15 is 0 Å². The van der Waals surface area contributed by atoms with Gasteiger partial charge in [-0.1, -0.05) is 42.5 Å². The van der Waals surface area contributed by atoms with E-state index in [0.717, 1.165) is 24.7 Å². The van der Waals surface area contributed by atoms with Crippen molar-refractivity contribution in [2.75, 3.05) is 32.4 Å². The maximum atomic E-state index is 5.88. The summed E-state index contributed by atoms with van der Waals surface area (Å²) < 4.78 is 0. The third-order valence-corrected chi connectivity index (χ3v) is 4.93. The average Bonchev–Trinajstić information content (AvgIpc) is 2.57. The largest absolute Gasteiger partial charge is 0.399 e. The number of piperidine rings is 1. The predicted molar refractivity (Wildman–Crippen MR) is 102 cm³/mol. The number of nitrogens with zero attached hydrogens (tertiary/aromatic N) is 2. The van der Waals surface area contributed by atoms with Gasteiger partial charge in [-0.25, -0.2) is 0 Å². The number of benzene rings is 2. The molecule has 1 aliphatic rings. The highest BCUT2D eigenvalue weighted by molar-refractivity contribution is 5.40. The van der Waals surface area contributed by atoms with Crippen LogP contribution in [0.1, 0.15) is 24.0 Å². The van der Waals surface area contributed by atoms with Crippen molar-refractivity contribution < 1.29 is 0 Å². The van der Waals surface area contributed by atoms with Crippen molar-refractivity contribution in [2.24, 2.45) is 5.92 Å². The van der Waals surface area contributed by atoms with Gasteiger partial charge in [0.25, 0.3) is 0 Å². The number of nitrogen functional groups attached to an aromatic ring is 1. The van der Waals surface area contributed by atoms with Crippen molar-refractivity contribution in [1.82, 2.24) is 9.80 Å². The quantitative estimate of drug-likeness (QED) is 0.824. The second kappa shape index (κ2) is 8.32. The van der Waals surface area contributed by atoms with Crippen molar-refractivity contribution in [3.8, 4) is 0 Å². The molecule has 0 bridgehead atoms. The number of rotatable bonds is 6. The summed E-state index contributed by atoms with van der Waals surface area (Å²) in [7, 11) is 2.24. The molecule has 0 aliphatic carbocycles. The van der Waals surface area contributed by atoms with Gasteiger partial charge in [0.15, 0.2) is 0 Å².